The van der Waals surface area contributed by atoms with Crippen molar-refractivity contribution in [1.29, 1.82) is 0 Å². The van der Waals surface area contributed by atoms with Gasteiger partial charge in [0.25, 0.3) is 0 Å². The van der Waals surface area contributed by atoms with E-state index in [0.717, 1.165) is 12.5 Å². The summed E-state index contributed by atoms with van der Waals surface area (Å²) in [6.07, 6.45) is 2.69. The Balaban J connectivity index is 2.15. The molecule has 3 unspecified atom stereocenters. The number of fused-ring (bicyclic) bond motifs is 2. The van der Waals surface area contributed by atoms with Crippen molar-refractivity contribution in [1.82, 2.24) is 0 Å². The molecule has 2 saturated heterocycles. The fourth-order valence-corrected chi connectivity index (χ4v) is 5.74. The first kappa shape index (κ1) is 9.64. The lowest BCUT2D eigenvalue weighted by atomic mass is 10.1. The topological polar surface area (TPSA) is 38.7 Å². The van der Waals surface area contributed by atoms with Gasteiger partial charge in [0.1, 0.15) is 6.29 Å². The molecule has 0 aromatic rings. The number of aliphatic hydroxyl groups is 1. The highest BCUT2D eigenvalue weighted by molar-refractivity contribution is 6.69. The summed E-state index contributed by atoms with van der Waals surface area (Å²) >= 11 is 0. The van der Waals surface area contributed by atoms with Crippen molar-refractivity contribution in [3.63, 3.8) is 0 Å². The van der Waals surface area contributed by atoms with Crippen molar-refractivity contribution in [2.45, 2.75) is 57.1 Å². The van der Waals surface area contributed by atoms with Crippen LogP contribution in [0.5, 0.6) is 0 Å². The second kappa shape index (κ2) is 3.35. The van der Waals surface area contributed by atoms with Gasteiger partial charge < -0.3 is 14.0 Å². The van der Waals surface area contributed by atoms with E-state index < -0.39 is 14.9 Å². The highest BCUT2D eigenvalue weighted by Crippen LogP contribution is 2.41. The Kier molecular flexibility index (Phi) is 2.48. The first-order valence-electron chi connectivity index (χ1n) is 5.16. The Morgan fingerprint density at radius 1 is 1.38 bits per heavy atom. The van der Waals surface area contributed by atoms with Gasteiger partial charge in [-0.05, 0) is 24.4 Å². The quantitative estimate of drug-likeness (QED) is 0.658. The van der Waals surface area contributed by atoms with Gasteiger partial charge in [-0.3, -0.25) is 0 Å². The molecule has 13 heavy (non-hydrogen) atoms. The van der Waals surface area contributed by atoms with Crippen LogP contribution in [0, 0.1) is 0 Å². The van der Waals surface area contributed by atoms with E-state index in [1.165, 1.54) is 6.42 Å². The van der Waals surface area contributed by atoms with Crippen molar-refractivity contribution < 1.29 is 14.0 Å². The molecule has 2 rings (SSSR count). The third-order valence-electron chi connectivity index (χ3n) is 3.10. The van der Waals surface area contributed by atoms with Crippen LogP contribution in [0.1, 0.15) is 33.1 Å². The highest BCUT2D eigenvalue weighted by atomic mass is 28.4. The molecule has 3 nitrogen and oxygen atoms in total. The van der Waals surface area contributed by atoms with Gasteiger partial charge in [-0.1, -0.05) is 13.8 Å². The minimum absolute atomic E-state index is 0.270. The maximum Gasteiger partial charge on any atom is 0.342 e. The Morgan fingerprint density at radius 3 is 2.85 bits per heavy atom. The molecule has 0 aromatic heterocycles. The average Bonchev–Trinajstić information content (AvgIpc) is 2.02. The van der Waals surface area contributed by atoms with Crippen LogP contribution in [0.3, 0.4) is 0 Å². The average molecular weight is 202 g/mol. The second-order valence-corrected chi connectivity index (χ2v) is 8.16. The predicted molar refractivity (Wildman–Crippen MR) is 51.5 cm³/mol. The highest BCUT2D eigenvalue weighted by Gasteiger charge is 2.50. The molecule has 4 heteroatoms. The van der Waals surface area contributed by atoms with Gasteiger partial charge in [-0.15, -0.1) is 0 Å². The summed E-state index contributed by atoms with van der Waals surface area (Å²) in [5.41, 5.74) is 0.449. The number of aliphatic hydroxyl groups excluding tert-OH is 1. The summed E-state index contributed by atoms with van der Waals surface area (Å²) in [6, 6.07) is 1.05. The number of rotatable bonds is 1. The molecule has 2 heterocycles. The van der Waals surface area contributed by atoms with Gasteiger partial charge in [0.2, 0.25) is 0 Å². The molecular formula is C9H18O3Si. The van der Waals surface area contributed by atoms with Crippen LogP contribution in [0.4, 0.5) is 0 Å². The summed E-state index contributed by atoms with van der Waals surface area (Å²) in [5.74, 6) is 0. The zero-order chi connectivity index (χ0) is 9.47. The van der Waals surface area contributed by atoms with Crippen molar-refractivity contribution in [2.24, 2.45) is 0 Å². The lowest BCUT2D eigenvalue weighted by molar-refractivity contribution is -0.122. The van der Waals surface area contributed by atoms with Crippen molar-refractivity contribution in [3.05, 3.63) is 0 Å². The Labute approximate surface area is 80.3 Å². The van der Waals surface area contributed by atoms with E-state index in [4.69, 9.17) is 8.85 Å². The monoisotopic (exact) mass is 202 g/mol. The summed E-state index contributed by atoms with van der Waals surface area (Å²) in [6.45, 7) is 4.29. The molecular weight excluding hydrogens is 184 g/mol. The Morgan fingerprint density at radius 2 is 2.15 bits per heavy atom. The van der Waals surface area contributed by atoms with Gasteiger partial charge in [-0.2, -0.15) is 0 Å². The lowest BCUT2D eigenvalue weighted by Gasteiger charge is -2.47. The molecule has 0 aromatic carbocycles. The zero-order valence-corrected chi connectivity index (χ0v) is 9.32. The maximum atomic E-state index is 9.56. The first-order chi connectivity index (χ1) is 6.12. The van der Waals surface area contributed by atoms with Gasteiger partial charge >= 0.3 is 8.56 Å². The minimum atomic E-state index is -2.02. The predicted octanol–water partition coefficient (Wildman–Crippen LogP) is 1.76. The molecule has 2 aliphatic heterocycles. The molecule has 0 radical (unpaired) electrons. The van der Waals surface area contributed by atoms with Crippen LogP contribution in [-0.2, 0) is 8.85 Å². The van der Waals surface area contributed by atoms with Gasteiger partial charge in [-0.25, -0.2) is 0 Å². The zero-order valence-electron chi connectivity index (χ0n) is 8.32. The van der Waals surface area contributed by atoms with Crippen molar-refractivity contribution in [2.75, 3.05) is 0 Å². The minimum Gasteiger partial charge on any atom is -0.391 e. The van der Waals surface area contributed by atoms with E-state index in [0.29, 0.717) is 12.0 Å². The normalized spacial score (nSPS) is 45.2. The van der Waals surface area contributed by atoms with Gasteiger partial charge in [0.05, 0.1) is 6.10 Å². The summed E-state index contributed by atoms with van der Waals surface area (Å²) in [4.78, 5) is 0. The van der Waals surface area contributed by atoms with Crippen molar-refractivity contribution in [3.8, 4) is 0 Å². The molecule has 0 saturated carbocycles. The molecule has 2 bridgehead atoms. The molecule has 3 atom stereocenters. The fourth-order valence-electron chi connectivity index (χ4n) is 2.29. The molecule has 76 valence electrons. The SMILES string of the molecule is CC(C)[Si]12CCCC(CC(O)O1)O2. The van der Waals surface area contributed by atoms with Crippen LogP contribution >= 0.6 is 0 Å². The van der Waals surface area contributed by atoms with Gasteiger partial charge in [0.15, 0.2) is 0 Å². The summed E-state index contributed by atoms with van der Waals surface area (Å²) in [7, 11) is -2.02. The smallest absolute Gasteiger partial charge is 0.342 e. The van der Waals surface area contributed by atoms with Crippen LogP contribution in [0.25, 0.3) is 0 Å². The third kappa shape index (κ3) is 1.68. The molecule has 2 fully saturated rings. The van der Waals surface area contributed by atoms with Crippen LogP contribution < -0.4 is 0 Å². The largest absolute Gasteiger partial charge is 0.391 e. The number of hydrogen-bond donors (Lipinski definition) is 1. The van der Waals surface area contributed by atoms with E-state index in [1.54, 1.807) is 0 Å². The Hall–Kier alpha value is 0.0969. The fraction of sp³-hybridized carbons (Fsp3) is 1.00. The second-order valence-electron chi connectivity index (χ2n) is 4.41. The third-order valence-corrected chi connectivity index (χ3v) is 7.31. The lowest BCUT2D eigenvalue weighted by Crippen LogP contribution is -2.57. The van der Waals surface area contributed by atoms with E-state index >= 15 is 0 Å². The standard InChI is InChI=1S/C9H18O3Si/c1-7(2)13-5-3-4-8(11-13)6-9(10)12-13/h7-10H,3-6H2,1-2H3. The van der Waals surface area contributed by atoms with Crippen LogP contribution in [0.2, 0.25) is 11.6 Å². The van der Waals surface area contributed by atoms with E-state index in [-0.39, 0.29) is 6.10 Å². The summed E-state index contributed by atoms with van der Waals surface area (Å²) in [5, 5.41) is 9.56. The summed E-state index contributed by atoms with van der Waals surface area (Å²) < 4.78 is 11.7. The molecule has 0 amide bonds. The first-order valence-corrected chi connectivity index (χ1v) is 7.26. The van der Waals surface area contributed by atoms with E-state index in [2.05, 4.69) is 13.8 Å². The van der Waals surface area contributed by atoms with Crippen LogP contribution in [-0.4, -0.2) is 26.1 Å². The molecule has 0 spiro atoms. The van der Waals surface area contributed by atoms with E-state index in [9.17, 15) is 5.11 Å². The number of hydrogen-bond acceptors (Lipinski definition) is 3. The molecule has 2 aliphatic rings. The van der Waals surface area contributed by atoms with E-state index in [1.807, 2.05) is 0 Å². The maximum absolute atomic E-state index is 9.56. The molecule has 0 aliphatic carbocycles. The van der Waals surface area contributed by atoms with Crippen LogP contribution in [0.15, 0.2) is 0 Å². The van der Waals surface area contributed by atoms with Crippen molar-refractivity contribution >= 4 is 8.56 Å². The Bertz CT molecular complexity index is 193. The van der Waals surface area contributed by atoms with Gasteiger partial charge in [0, 0.05) is 6.42 Å². The molecule has 1 N–H and O–H groups in total.